The molecule has 0 bridgehead atoms. The van der Waals surface area contributed by atoms with Crippen molar-refractivity contribution in [3.63, 3.8) is 0 Å². The molecule has 0 rings (SSSR count). The molecule has 17 heavy (non-hydrogen) atoms. The molecular weight excluding hydrogens is 280 g/mol. The van der Waals surface area contributed by atoms with E-state index in [-0.39, 0.29) is 11.9 Å². The van der Waals surface area contributed by atoms with Crippen LogP contribution < -0.4 is 5.32 Å². The Balaban J connectivity index is 3.99. The van der Waals surface area contributed by atoms with Crippen LogP contribution in [0.1, 0.15) is 39.5 Å². The average molecular weight is 307 g/mol. The van der Waals surface area contributed by atoms with E-state index >= 15 is 0 Å². The van der Waals surface area contributed by atoms with Gasteiger partial charge in [-0.1, -0.05) is 29.8 Å². The average Bonchev–Trinajstić information content (AvgIpc) is 2.15. The normalized spacial score (nSPS) is 13.1. The number of likely N-dealkylation sites (N-methyl/N-ethyl adjacent to an activating group) is 1. The van der Waals surface area contributed by atoms with Gasteiger partial charge in [-0.15, -0.1) is 0 Å². The monoisotopic (exact) mass is 306 g/mol. The van der Waals surface area contributed by atoms with Gasteiger partial charge in [-0.2, -0.15) is 0 Å². The molecule has 0 saturated heterocycles. The van der Waals surface area contributed by atoms with Gasteiger partial charge >= 0.3 is 0 Å². The molecule has 0 aromatic carbocycles. The molecule has 1 amide bonds. The lowest BCUT2D eigenvalue weighted by molar-refractivity contribution is -0.122. The Kier molecular flexibility index (Phi) is 9.84. The maximum absolute atomic E-state index is 11.7. The zero-order valence-electron chi connectivity index (χ0n) is 11.6. The minimum absolute atomic E-state index is 0.193. The van der Waals surface area contributed by atoms with Gasteiger partial charge < -0.3 is 10.2 Å². The van der Waals surface area contributed by atoms with Crippen LogP contribution in [-0.2, 0) is 4.79 Å². The lowest BCUT2D eigenvalue weighted by Crippen LogP contribution is -2.42. The summed E-state index contributed by atoms with van der Waals surface area (Å²) < 4.78 is 0. The third kappa shape index (κ3) is 10.8. The minimum Gasteiger partial charge on any atom is -0.352 e. The Labute approximate surface area is 114 Å². The fourth-order valence-electron chi connectivity index (χ4n) is 1.87. The third-order valence-corrected chi connectivity index (χ3v) is 3.05. The zero-order chi connectivity index (χ0) is 13.3. The smallest absolute Gasteiger partial charge is 0.220 e. The Bertz CT molecular complexity index is 198. The van der Waals surface area contributed by atoms with Gasteiger partial charge in [0.2, 0.25) is 5.91 Å². The summed E-state index contributed by atoms with van der Waals surface area (Å²) in [7, 11) is 4.09. The van der Waals surface area contributed by atoms with E-state index in [0.29, 0.717) is 12.3 Å². The van der Waals surface area contributed by atoms with E-state index in [9.17, 15) is 4.79 Å². The molecule has 3 nitrogen and oxygen atoms in total. The molecule has 0 heterocycles. The second-order valence-corrected chi connectivity index (χ2v) is 6.10. The van der Waals surface area contributed by atoms with Crippen molar-refractivity contribution in [3.05, 3.63) is 0 Å². The summed E-state index contributed by atoms with van der Waals surface area (Å²) in [5.74, 6) is 0.807. The molecule has 0 aliphatic carbocycles. The van der Waals surface area contributed by atoms with Crippen LogP contribution in [0.2, 0.25) is 0 Å². The molecule has 1 N–H and O–H groups in total. The van der Waals surface area contributed by atoms with E-state index in [4.69, 9.17) is 0 Å². The Morgan fingerprint density at radius 1 is 1.29 bits per heavy atom. The highest BCUT2D eigenvalue weighted by Gasteiger charge is 2.14. The summed E-state index contributed by atoms with van der Waals surface area (Å²) in [6.07, 6.45) is 3.72. The molecular formula is C13H27BrN2O. The number of nitrogens with zero attached hydrogens (tertiary/aromatic N) is 1. The topological polar surface area (TPSA) is 32.3 Å². The lowest BCUT2D eigenvalue weighted by Gasteiger charge is -2.24. The second-order valence-electron chi connectivity index (χ2n) is 5.30. The van der Waals surface area contributed by atoms with Crippen molar-refractivity contribution in [3.8, 4) is 0 Å². The molecule has 1 atom stereocenters. The number of rotatable bonds is 9. The summed E-state index contributed by atoms with van der Waals surface area (Å²) in [6.45, 7) is 5.31. The Morgan fingerprint density at radius 3 is 2.41 bits per heavy atom. The summed E-state index contributed by atoms with van der Waals surface area (Å²) in [4.78, 5) is 13.9. The maximum Gasteiger partial charge on any atom is 0.220 e. The number of alkyl halides is 1. The molecule has 102 valence electrons. The van der Waals surface area contributed by atoms with Gasteiger partial charge in [0.05, 0.1) is 0 Å². The van der Waals surface area contributed by atoms with Crippen LogP contribution in [0.15, 0.2) is 0 Å². The van der Waals surface area contributed by atoms with Crippen molar-refractivity contribution in [2.24, 2.45) is 5.92 Å². The summed E-state index contributed by atoms with van der Waals surface area (Å²) in [5.41, 5.74) is 0. The van der Waals surface area contributed by atoms with E-state index in [1.807, 2.05) is 14.1 Å². The van der Waals surface area contributed by atoms with Gasteiger partial charge in [-0.05, 0) is 39.3 Å². The summed E-state index contributed by atoms with van der Waals surface area (Å²) >= 11 is 3.38. The number of hydrogen-bond acceptors (Lipinski definition) is 2. The van der Waals surface area contributed by atoms with Crippen molar-refractivity contribution in [1.82, 2.24) is 10.2 Å². The standard InChI is InChI=1S/C13H27BrN2O/c1-11(2)9-12(10-16(3)4)15-13(17)7-5-6-8-14/h11-12H,5-10H2,1-4H3,(H,15,17). The van der Waals surface area contributed by atoms with E-state index < -0.39 is 0 Å². The largest absolute Gasteiger partial charge is 0.352 e. The highest BCUT2D eigenvalue weighted by Crippen LogP contribution is 2.06. The molecule has 0 aromatic rings. The molecule has 1 unspecified atom stereocenters. The molecule has 0 aromatic heterocycles. The molecule has 4 heteroatoms. The quantitative estimate of drug-likeness (QED) is 0.525. The second kappa shape index (κ2) is 9.89. The van der Waals surface area contributed by atoms with Gasteiger partial charge in [0, 0.05) is 24.3 Å². The fraction of sp³-hybridized carbons (Fsp3) is 0.923. The van der Waals surface area contributed by atoms with Gasteiger partial charge in [-0.25, -0.2) is 0 Å². The van der Waals surface area contributed by atoms with Crippen LogP contribution in [-0.4, -0.2) is 42.8 Å². The first-order valence-electron chi connectivity index (χ1n) is 6.45. The van der Waals surface area contributed by atoms with Gasteiger partial charge in [-0.3, -0.25) is 4.79 Å². The number of hydrogen-bond donors (Lipinski definition) is 1. The van der Waals surface area contributed by atoms with Crippen molar-refractivity contribution < 1.29 is 4.79 Å². The SMILES string of the molecule is CC(C)CC(CN(C)C)NC(=O)CCCCBr. The molecule has 0 aliphatic rings. The molecule has 0 fully saturated rings. The Hall–Kier alpha value is -0.0900. The predicted octanol–water partition coefficient (Wildman–Crippen LogP) is 2.64. The van der Waals surface area contributed by atoms with Crippen LogP contribution in [0.5, 0.6) is 0 Å². The van der Waals surface area contributed by atoms with E-state index in [0.717, 1.165) is 31.1 Å². The number of amides is 1. The van der Waals surface area contributed by atoms with Crippen molar-refractivity contribution >= 4 is 21.8 Å². The molecule has 0 aliphatic heterocycles. The van der Waals surface area contributed by atoms with Crippen LogP contribution >= 0.6 is 15.9 Å². The van der Waals surface area contributed by atoms with Crippen LogP contribution in [0, 0.1) is 5.92 Å². The van der Waals surface area contributed by atoms with Gasteiger partial charge in [0.25, 0.3) is 0 Å². The lowest BCUT2D eigenvalue weighted by atomic mass is 10.0. The number of halogens is 1. The van der Waals surface area contributed by atoms with Gasteiger partial charge in [0.15, 0.2) is 0 Å². The van der Waals surface area contributed by atoms with Crippen molar-refractivity contribution in [2.75, 3.05) is 26.0 Å². The third-order valence-electron chi connectivity index (χ3n) is 2.49. The molecule has 0 spiro atoms. The zero-order valence-corrected chi connectivity index (χ0v) is 13.2. The predicted molar refractivity (Wildman–Crippen MR) is 77.6 cm³/mol. The number of carbonyl (C=O) groups is 1. The first-order valence-corrected chi connectivity index (χ1v) is 7.58. The van der Waals surface area contributed by atoms with Crippen LogP contribution in [0.3, 0.4) is 0 Å². The fourth-order valence-corrected chi connectivity index (χ4v) is 2.27. The molecule has 0 saturated carbocycles. The highest BCUT2D eigenvalue weighted by atomic mass is 79.9. The maximum atomic E-state index is 11.7. The molecule has 0 radical (unpaired) electrons. The van der Waals surface area contributed by atoms with Gasteiger partial charge in [0.1, 0.15) is 0 Å². The van der Waals surface area contributed by atoms with E-state index in [1.165, 1.54) is 0 Å². The first-order chi connectivity index (χ1) is 7.95. The first kappa shape index (κ1) is 16.9. The van der Waals surface area contributed by atoms with Crippen molar-refractivity contribution in [1.29, 1.82) is 0 Å². The van der Waals surface area contributed by atoms with Crippen LogP contribution in [0.4, 0.5) is 0 Å². The minimum atomic E-state index is 0.193. The number of carbonyl (C=O) groups excluding carboxylic acids is 1. The number of nitrogens with one attached hydrogen (secondary N) is 1. The Morgan fingerprint density at radius 2 is 1.94 bits per heavy atom. The summed E-state index contributed by atoms with van der Waals surface area (Å²) in [6, 6.07) is 0.279. The van der Waals surface area contributed by atoms with E-state index in [1.54, 1.807) is 0 Å². The highest BCUT2D eigenvalue weighted by molar-refractivity contribution is 9.09. The van der Waals surface area contributed by atoms with Crippen LogP contribution in [0.25, 0.3) is 0 Å². The van der Waals surface area contributed by atoms with Crippen molar-refractivity contribution in [2.45, 2.75) is 45.6 Å². The number of unbranched alkanes of at least 4 members (excludes halogenated alkanes) is 1. The summed E-state index contributed by atoms with van der Waals surface area (Å²) in [5, 5.41) is 4.12. The van der Waals surface area contributed by atoms with E-state index in [2.05, 4.69) is 40.0 Å².